The van der Waals surface area contributed by atoms with Crippen LogP contribution in [0.25, 0.3) is 11.0 Å². The van der Waals surface area contributed by atoms with Gasteiger partial charge in [-0.3, -0.25) is 5.10 Å². The molecular weight excluding hydrogens is 256 g/mol. The average Bonchev–Trinajstić information content (AvgIpc) is 3.19. The molecule has 20 heavy (non-hydrogen) atoms. The van der Waals surface area contributed by atoms with E-state index in [0.29, 0.717) is 18.5 Å². The van der Waals surface area contributed by atoms with Gasteiger partial charge in [0.15, 0.2) is 5.65 Å². The summed E-state index contributed by atoms with van der Waals surface area (Å²) in [5, 5.41) is 20.4. The van der Waals surface area contributed by atoms with Crippen LogP contribution in [0.15, 0.2) is 6.20 Å². The van der Waals surface area contributed by atoms with Crippen molar-refractivity contribution in [2.24, 2.45) is 0 Å². The largest absolute Gasteiger partial charge is 0.395 e. The summed E-state index contributed by atoms with van der Waals surface area (Å²) in [6.07, 6.45) is 5.08. The van der Waals surface area contributed by atoms with Crippen molar-refractivity contribution in [1.29, 1.82) is 0 Å². The lowest BCUT2D eigenvalue weighted by Gasteiger charge is -2.23. The molecule has 7 nitrogen and oxygen atoms in total. The third-order valence-electron chi connectivity index (χ3n) is 3.42. The van der Waals surface area contributed by atoms with Gasteiger partial charge in [0.2, 0.25) is 5.95 Å². The van der Waals surface area contributed by atoms with Gasteiger partial charge in [-0.05, 0) is 19.3 Å². The number of H-pyrrole nitrogens is 1. The third kappa shape index (κ3) is 2.53. The minimum absolute atomic E-state index is 0.123. The summed E-state index contributed by atoms with van der Waals surface area (Å²) in [6, 6.07) is 0.481. The molecule has 2 aromatic heterocycles. The number of hydrogen-bond donors (Lipinski definition) is 3. The molecule has 108 valence electrons. The fraction of sp³-hybridized carbons (Fsp3) is 0.615. The third-order valence-corrected chi connectivity index (χ3v) is 3.42. The Morgan fingerprint density at radius 3 is 3.00 bits per heavy atom. The SMILES string of the molecule is CCCNc1nc(N(CCO)C2CC2)c2cn[nH]c2n1. The smallest absolute Gasteiger partial charge is 0.226 e. The monoisotopic (exact) mass is 276 g/mol. The number of fused-ring (bicyclic) bond motifs is 1. The summed E-state index contributed by atoms with van der Waals surface area (Å²) in [6.45, 7) is 3.65. The lowest BCUT2D eigenvalue weighted by molar-refractivity contribution is 0.301. The molecule has 7 heteroatoms. The number of nitrogens with zero attached hydrogens (tertiary/aromatic N) is 4. The van der Waals surface area contributed by atoms with Crippen LogP contribution in [0.5, 0.6) is 0 Å². The Balaban J connectivity index is 1.99. The first-order chi connectivity index (χ1) is 9.83. The van der Waals surface area contributed by atoms with Gasteiger partial charge >= 0.3 is 0 Å². The summed E-state index contributed by atoms with van der Waals surface area (Å²) in [4.78, 5) is 11.2. The zero-order valence-electron chi connectivity index (χ0n) is 11.6. The van der Waals surface area contributed by atoms with Gasteiger partial charge in [-0.1, -0.05) is 6.92 Å². The number of anilines is 2. The van der Waals surface area contributed by atoms with Gasteiger partial charge in [-0.2, -0.15) is 15.1 Å². The van der Waals surface area contributed by atoms with Gasteiger partial charge in [-0.15, -0.1) is 0 Å². The van der Waals surface area contributed by atoms with Gasteiger partial charge < -0.3 is 15.3 Å². The molecule has 0 amide bonds. The van der Waals surface area contributed by atoms with E-state index in [1.807, 2.05) is 0 Å². The lowest BCUT2D eigenvalue weighted by Crippen LogP contribution is -2.30. The standard InChI is InChI=1S/C13H20N6O/c1-2-5-14-13-16-11-10(8-15-18-11)12(17-13)19(6-7-20)9-3-4-9/h8-9,20H,2-7H2,1H3,(H2,14,15,16,17,18). The maximum atomic E-state index is 9.28. The zero-order valence-corrected chi connectivity index (χ0v) is 11.6. The number of rotatable bonds is 7. The van der Waals surface area contributed by atoms with Gasteiger partial charge in [0.25, 0.3) is 0 Å². The summed E-state index contributed by atoms with van der Waals surface area (Å²) >= 11 is 0. The Morgan fingerprint density at radius 2 is 2.30 bits per heavy atom. The van der Waals surface area contributed by atoms with E-state index in [4.69, 9.17) is 0 Å². The van der Waals surface area contributed by atoms with Crippen LogP contribution in [0, 0.1) is 0 Å². The molecule has 1 aliphatic carbocycles. The Kier molecular flexibility index (Phi) is 3.68. The van der Waals surface area contributed by atoms with E-state index in [1.165, 1.54) is 0 Å². The molecule has 1 fully saturated rings. The van der Waals surface area contributed by atoms with Gasteiger partial charge in [0.1, 0.15) is 5.82 Å². The molecule has 0 aliphatic heterocycles. The second kappa shape index (κ2) is 5.62. The molecule has 0 spiro atoms. The molecule has 2 heterocycles. The molecular formula is C13H20N6O. The predicted octanol–water partition coefficient (Wildman–Crippen LogP) is 1.14. The summed E-state index contributed by atoms with van der Waals surface area (Å²) in [5.74, 6) is 1.47. The number of hydrogen-bond acceptors (Lipinski definition) is 6. The number of aliphatic hydroxyl groups excluding tert-OH is 1. The zero-order chi connectivity index (χ0) is 13.9. The van der Waals surface area contributed by atoms with Crippen LogP contribution in [0.3, 0.4) is 0 Å². The van der Waals surface area contributed by atoms with Crippen molar-refractivity contribution in [3.63, 3.8) is 0 Å². The van der Waals surface area contributed by atoms with Crippen molar-refractivity contribution in [3.05, 3.63) is 6.20 Å². The maximum Gasteiger partial charge on any atom is 0.226 e. The molecule has 0 bridgehead atoms. The maximum absolute atomic E-state index is 9.28. The van der Waals surface area contributed by atoms with Gasteiger partial charge in [0.05, 0.1) is 18.2 Å². The van der Waals surface area contributed by atoms with Crippen LogP contribution < -0.4 is 10.2 Å². The van der Waals surface area contributed by atoms with Crippen molar-refractivity contribution < 1.29 is 5.11 Å². The first kappa shape index (κ1) is 13.1. The number of nitrogens with one attached hydrogen (secondary N) is 2. The molecule has 0 aromatic carbocycles. The number of aromatic nitrogens is 4. The number of aliphatic hydroxyl groups is 1. The van der Waals surface area contributed by atoms with Crippen LogP contribution >= 0.6 is 0 Å². The van der Waals surface area contributed by atoms with E-state index < -0.39 is 0 Å². The van der Waals surface area contributed by atoms with E-state index in [2.05, 4.69) is 37.3 Å². The van der Waals surface area contributed by atoms with E-state index in [9.17, 15) is 5.11 Å². The Labute approximate surface area is 117 Å². The average molecular weight is 276 g/mol. The van der Waals surface area contributed by atoms with E-state index in [0.717, 1.165) is 42.7 Å². The van der Waals surface area contributed by atoms with Crippen LogP contribution in [0.2, 0.25) is 0 Å². The second-order valence-corrected chi connectivity index (χ2v) is 5.08. The van der Waals surface area contributed by atoms with Gasteiger partial charge in [-0.25, -0.2) is 0 Å². The molecule has 0 atom stereocenters. The van der Waals surface area contributed by atoms with Crippen LogP contribution in [-0.4, -0.2) is 51.0 Å². The lowest BCUT2D eigenvalue weighted by atomic mass is 10.3. The normalized spacial score (nSPS) is 14.7. The number of aromatic amines is 1. The van der Waals surface area contributed by atoms with Crippen molar-refractivity contribution >= 4 is 22.8 Å². The van der Waals surface area contributed by atoms with E-state index >= 15 is 0 Å². The van der Waals surface area contributed by atoms with E-state index in [1.54, 1.807) is 6.20 Å². The molecule has 1 saturated carbocycles. The Morgan fingerprint density at radius 1 is 1.45 bits per heavy atom. The highest BCUT2D eigenvalue weighted by molar-refractivity contribution is 5.87. The minimum atomic E-state index is 0.123. The second-order valence-electron chi connectivity index (χ2n) is 5.08. The quantitative estimate of drug-likeness (QED) is 0.702. The van der Waals surface area contributed by atoms with Crippen LogP contribution in [0.1, 0.15) is 26.2 Å². The summed E-state index contributed by atoms with van der Waals surface area (Å²) < 4.78 is 0. The highest BCUT2D eigenvalue weighted by Crippen LogP contribution is 2.34. The fourth-order valence-electron chi connectivity index (χ4n) is 2.31. The molecule has 0 saturated heterocycles. The Bertz CT molecular complexity index is 579. The highest BCUT2D eigenvalue weighted by atomic mass is 16.3. The first-order valence-electron chi connectivity index (χ1n) is 7.16. The molecule has 1 aliphatic rings. The summed E-state index contributed by atoms with van der Waals surface area (Å²) in [5.41, 5.74) is 0.734. The fourth-order valence-corrected chi connectivity index (χ4v) is 2.31. The van der Waals surface area contributed by atoms with E-state index in [-0.39, 0.29) is 6.61 Å². The minimum Gasteiger partial charge on any atom is -0.395 e. The highest BCUT2D eigenvalue weighted by Gasteiger charge is 2.31. The van der Waals surface area contributed by atoms with Crippen molar-refractivity contribution in [2.45, 2.75) is 32.2 Å². The molecule has 0 unspecified atom stereocenters. The first-order valence-corrected chi connectivity index (χ1v) is 7.16. The topological polar surface area (TPSA) is 90.0 Å². The van der Waals surface area contributed by atoms with Crippen molar-refractivity contribution in [1.82, 2.24) is 20.2 Å². The molecule has 2 aromatic rings. The molecule has 0 radical (unpaired) electrons. The Hall–Kier alpha value is -1.89. The van der Waals surface area contributed by atoms with Crippen LogP contribution in [-0.2, 0) is 0 Å². The summed E-state index contributed by atoms with van der Waals surface area (Å²) in [7, 11) is 0. The molecule has 3 N–H and O–H groups in total. The van der Waals surface area contributed by atoms with Gasteiger partial charge in [0, 0.05) is 19.1 Å². The molecule has 3 rings (SSSR count). The van der Waals surface area contributed by atoms with Crippen molar-refractivity contribution in [2.75, 3.05) is 29.9 Å². The van der Waals surface area contributed by atoms with Crippen LogP contribution in [0.4, 0.5) is 11.8 Å². The van der Waals surface area contributed by atoms with Crippen molar-refractivity contribution in [3.8, 4) is 0 Å². The predicted molar refractivity (Wildman–Crippen MR) is 77.9 cm³/mol.